The van der Waals surface area contributed by atoms with Crippen LogP contribution in [0.25, 0.3) is 0 Å². The predicted molar refractivity (Wildman–Crippen MR) is 61.8 cm³/mol. The third kappa shape index (κ3) is 4.49. The average molecular weight is 312 g/mol. The topological polar surface area (TPSA) is 69.7 Å². The van der Waals surface area contributed by atoms with Crippen molar-refractivity contribution in [3.8, 4) is 0 Å². The summed E-state index contributed by atoms with van der Waals surface area (Å²) in [5.74, 6) is -1.21. The molecule has 0 heterocycles. The van der Waals surface area contributed by atoms with E-state index in [-0.39, 0.29) is 6.61 Å². The van der Waals surface area contributed by atoms with Crippen LogP contribution in [0.3, 0.4) is 0 Å². The van der Waals surface area contributed by atoms with Gasteiger partial charge < -0.3 is 4.74 Å². The van der Waals surface area contributed by atoms with Crippen molar-refractivity contribution in [2.24, 2.45) is 0 Å². The van der Waals surface area contributed by atoms with Crippen LogP contribution < -0.4 is 0 Å². The highest BCUT2D eigenvalue weighted by Crippen LogP contribution is 2.25. The number of esters is 1. The number of carbonyl (C=O) groups is 1. The molecule has 1 rings (SSSR count). The van der Waals surface area contributed by atoms with Crippen molar-refractivity contribution in [2.45, 2.75) is 25.1 Å². The van der Waals surface area contributed by atoms with E-state index >= 15 is 0 Å². The Kier molecular flexibility index (Phi) is 5.12. The number of hydrogen-bond donors (Lipinski definition) is 0. The summed E-state index contributed by atoms with van der Waals surface area (Å²) in [6.45, 7) is 0.663. The first-order valence-corrected chi connectivity index (χ1v) is 6.74. The maximum atomic E-state index is 12.0. The molecule has 0 N–H and O–H groups in total. The first kappa shape index (κ1) is 16.4. The zero-order valence-electron chi connectivity index (χ0n) is 10.3. The predicted octanol–water partition coefficient (Wildman–Crippen LogP) is 1.98. The third-order valence-electron chi connectivity index (χ3n) is 2.11. The zero-order valence-corrected chi connectivity index (χ0v) is 11.1. The van der Waals surface area contributed by atoms with Gasteiger partial charge in [-0.1, -0.05) is 30.3 Å². The first-order chi connectivity index (χ1) is 9.13. The van der Waals surface area contributed by atoms with Gasteiger partial charge in [0.2, 0.25) is 0 Å². The van der Waals surface area contributed by atoms with Crippen LogP contribution in [0.5, 0.6) is 0 Å². The monoisotopic (exact) mass is 312 g/mol. The maximum Gasteiger partial charge on any atom is 0.523 e. The van der Waals surface area contributed by atoms with Gasteiger partial charge in [0, 0.05) is 0 Å². The summed E-state index contributed by atoms with van der Waals surface area (Å²) < 4.78 is 65.9. The van der Waals surface area contributed by atoms with Gasteiger partial charge in [0.25, 0.3) is 0 Å². The second-order valence-electron chi connectivity index (χ2n) is 3.73. The van der Waals surface area contributed by atoms with Crippen molar-refractivity contribution in [2.75, 3.05) is 0 Å². The molecule has 1 aromatic carbocycles. The van der Waals surface area contributed by atoms with Crippen LogP contribution >= 0.6 is 0 Å². The van der Waals surface area contributed by atoms with Gasteiger partial charge in [-0.05, 0) is 12.5 Å². The number of alkyl halides is 3. The largest absolute Gasteiger partial charge is 0.523 e. The van der Waals surface area contributed by atoms with E-state index in [9.17, 15) is 26.4 Å². The van der Waals surface area contributed by atoms with Gasteiger partial charge in [-0.15, -0.1) is 0 Å². The molecule has 0 aliphatic heterocycles. The molecule has 5 nitrogen and oxygen atoms in total. The van der Waals surface area contributed by atoms with E-state index in [0.29, 0.717) is 5.56 Å². The highest BCUT2D eigenvalue weighted by molar-refractivity contribution is 7.87. The summed E-state index contributed by atoms with van der Waals surface area (Å²) in [6.07, 6.45) is -1.88. The molecule has 0 aliphatic rings. The lowest BCUT2D eigenvalue weighted by atomic mass is 10.2. The molecule has 20 heavy (non-hydrogen) atoms. The van der Waals surface area contributed by atoms with E-state index in [2.05, 4.69) is 8.92 Å². The SMILES string of the molecule is C[C@@H](OS(=O)(=O)C(F)(F)F)C(=O)OCc1ccccc1. The second-order valence-corrected chi connectivity index (χ2v) is 5.30. The third-order valence-corrected chi connectivity index (χ3v) is 3.22. The van der Waals surface area contributed by atoms with Crippen LogP contribution in [0.2, 0.25) is 0 Å². The van der Waals surface area contributed by atoms with Crippen LogP contribution in [0, 0.1) is 0 Å². The molecule has 0 radical (unpaired) electrons. The van der Waals surface area contributed by atoms with Crippen LogP contribution in [0.15, 0.2) is 30.3 Å². The molecule has 0 unspecified atom stereocenters. The standard InChI is InChI=1S/C11H11F3O5S/c1-8(19-20(16,17)11(12,13)14)10(15)18-7-9-5-3-2-4-6-9/h2-6,8H,7H2,1H3/t8-/m1/s1. The normalized spacial score (nSPS) is 13.8. The second kappa shape index (κ2) is 6.23. The average Bonchev–Trinajstić information content (AvgIpc) is 2.35. The van der Waals surface area contributed by atoms with Crippen molar-refractivity contribution in [3.63, 3.8) is 0 Å². The summed E-state index contributed by atoms with van der Waals surface area (Å²) in [5, 5.41) is 0. The van der Waals surface area contributed by atoms with Gasteiger partial charge in [-0.25, -0.2) is 8.98 Å². The zero-order chi connectivity index (χ0) is 15.4. The van der Waals surface area contributed by atoms with Gasteiger partial charge in [-0.3, -0.25) is 0 Å². The fourth-order valence-corrected chi connectivity index (χ4v) is 1.70. The molecule has 0 bridgehead atoms. The molecule has 0 amide bonds. The van der Waals surface area contributed by atoms with Crippen LogP contribution in [-0.4, -0.2) is 26.0 Å². The Hall–Kier alpha value is -1.61. The number of halogens is 3. The Bertz CT molecular complexity index is 553. The van der Waals surface area contributed by atoms with E-state index in [1.165, 1.54) is 0 Å². The lowest BCUT2D eigenvalue weighted by Crippen LogP contribution is -2.33. The minimum atomic E-state index is -5.83. The minimum absolute atomic E-state index is 0.195. The molecule has 1 atom stereocenters. The van der Waals surface area contributed by atoms with E-state index in [0.717, 1.165) is 6.92 Å². The molecule has 0 saturated carbocycles. The highest BCUT2D eigenvalue weighted by atomic mass is 32.2. The molecule has 0 fully saturated rings. The van der Waals surface area contributed by atoms with Gasteiger partial charge in [0.05, 0.1) is 0 Å². The fraction of sp³-hybridized carbons (Fsp3) is 0.364. The molecule has 112 valence electrons. The number of ether oxygens (including phenoxy) is 1. The van der Waals surface area contributed by atoms with Gasteiger partial charge in [0.15, 0.2) is 6.10 Å². The molecule has 9 heteroatoms. The summed E-state index contributed by atoms with van der Waals surface area (Å²) >= 11 is 0. The van der Waals surface area contributed by atoms with E-state index < -0.39 is 27.7 Å². The Morgan fingerprint density at radius 1 is 1.25 bits per heavy atom. The van der Waals surface area contributed by atoms with Gasteiger partial charge in [0.1, 0.15) is 6.61 Å². The summed E-state index contributed by atoms with van der Waals surface area (Å²) in [5.41, 5.74) is -4.98. The number of hydrogen-bond acceptors (Lipinski definition) is 5. The number of benzene rings is 1. The quantitative estimate of drug-likeness (QED) is 0.472. The Morgan fingerprint density at radius 3 is 2.30 bits per heavy atom. The van der Waals surface area contributed by atoms with Crippen molar-refractivity contribution < 1.29 is 35.3 Å². The number of rotatable bonds is 5. The Morgan fingerprint density at radius 2 is 1.80 bits per heavy atom. The molecule has 0 saturated heterocycles. The molecule has 0 spiro atoms. The number of carbonyl (C=O) groups excluding carboxylic acids is 1. The first-order valence-electron chi connectivity index (χ1n) is 5.33. The van der Waals surface area contributed by atoms with Crippen molar-refractivity contribution in [1.82, 2.24) is 0 Å². The minimum Gasteiger partial charge on any atom is -0.459 e. The van der Waals surface area contributed by atoms with Crippen molar-refractivity contribution >= 4 is 16.1 Å². The smallest absolute Gasteiger partial charge is 0.459 e. The van der Waals surface area contributed by atoms with Crippen LogP contribution in [0.1, 0.15) is 12.5 Å². The Balaban J connectivity index is 2.56. The molecule has 0 aliphatic carbocycles. The molecule has 0 aromatic heterocycles. The van der Waals surface area contributed by atoms with Crippen LogP contribution in [0.4, 0.5) is 13.2 Å². The summed E-state index contributed by atoms with van der Waals surface area (Å²) in [7, 11) is -5.83. The highest BCUT2D eigenvalue weighted by Gasteiger charge is 2.49. The van der Waals surface area contributed by atoms with Crippen molar-refractivity contribution in [1.29, 1.82) is 0 Å². The lowest BCUT2D eigenvalue weighted by molar-refractivity contribution is -0.153. The Labute approximate surface area is 113 Å². The van der Waals surface area contributed by atoms with Crippen molar-refractivity contribution in [3.05, 3.63) is 35.9 Å². The van der Waals surface area contributed by atoms with E-state index in [1.807, 2.05) is 0 Å². The van der Waals surface area contributed by atoms with E-state index in [4.69, 9.17) is 0 Å². The maximum absolute atomic E-state index is 12.0. The van der Waals surface area contributed by atoms with Crippen LogP contribution in [-0.2, 0) is 30.4 Å². The summed E-state index contributed by atoms with van der Waals surface area (Å²) in [6, 6.07) is 8.35. The molecular weight excluding hydrogens is 301 g/mol. The molecular formula is C11H11F3O5S. The van der Waals surface area contributed by atoms with E-state index in [1.54, 1.807) is 30.3 Å². The fourth-order valence-electron chi connectivity index (χ4n) is 1.13. The van der Waals surface area contributed by atoms with Gasteiger partial charge >= 0.3 is 21.6 Å². The molecule has 1 aromatic rings. The summed E-state index contributed by atoms with van der Waals surface area (Å²) in [4.78, 5) is 11.3. The van der Waals surface area contributed by atoms with Gasteiger partial charge in [-0.2, -0.15) is 21.6 Å². The lowest BCUT2D eigenvalue weighted by Gasteiger charge is -2.13.